The Morgan fingerprint density at radius 2 is 1.49 bits per heavy atom. The van der Waals surface area contributed by atoms with Gasteiger partial charge in [0.05, 0.1) is 21.3 Å². The highest BCUT2D eigenvalue weighted by molar-refractivity contribution is 8.77. The lowest BCUT2D eigenvalue weighted by molar-refractivity contribution is -0.384. The van der Waals surface area contributed by atoms with Crippen molar-refractivity contribution in [3.8, 4) is 5.75 Å². The van der Waals surface area contributed by atoms with Crippen molar-refractivity contribution in [1.29, 1.82) is 0 Å². The number of esters is 2. The van der Waals surface area contributed by atoms with Crippen molar-refractivity contribution in [2.45, 2.75) is 42.3 Å². The smallest absolute Gasteiger partial charge is 0.462 e. The fourth-order valence-corrected chi connectivity index (χ4v) is 7.23. The molecule has 47 heavy (non-hydrogen) atoms. The highest BCUT2D eigenvalue weighted by Crippen LogP contribution is 2.42. The second-order valence-corrected chi connectivity index (χ2v) is 13.9. The van der Waals surface area contributed by atoms with Gasteiger partial charge in [-0.3, -0.25) is 10.1 Å². The normalized spacial score (nSPS) is 21.4. The summed E-state index contributed by atoms with van der Waals surface area (Å²) in [4.78, 5) is 36.5. The molecule has 0 aliphatic carbocycles. The maximum Gasteiger partial charge on any atom is 0.523 e. The van der Waals surface area contributed by atoms with Crippen molar-refractivity contribution in [2.24, 2.45) is 0 Å². The number of hydrogen-bond donors (Lipinski definition) is 0. The van der Waals surface area contributed by atoms with Crippen molar-refractivity contribution in [3.63, 3.8) is 0 Å². The zero-order valence-electron chi connectivity index (χ0n) is 24.2. The number of alkyl halides is 3. The van der Waals surface area contributed by atoms with Gasteiger partial charge in [-0.2, -0.15) is 21.6 Å². The monoisotopic (exact) mass is 717 g/mol. The van der Waals surface area contributed by atoms with Gasteiger partial charge in [0, 0.05) is 17.9 Å². The van der Waals surface area contributed by atoms with Gasteiger partial charge in [-0.05, 0) is 36.4 Å². The average Bonchev–Trinajstić information content (AvgIpc) is 3.05. The molecule has 4 rings (SSSR count). The number of benzene rings is 3. The minimum Gasteiger partial charge on any atom is -0.462 e. The van der Waals surface area contributed by atoms with Crippen molar-refractivity contribution < 1.29 is 59.2 Å². The van der Waals surface area contributed by atoms with Crippen LogP contribution in [-0.2, 0) is 28.5 Å². The number of ether oxygens (including phenoxy) is 4. The lowest BCUT2D eigenvalue weighted by Crippen LogP contribution is -2.62. The van der Waals surface area contributed by atoms with Crippen LogP contribution >= 0.6 is 21.6 Å². The van der Waals surface area contributed by atoms with Crippen LogP contribution in [0.25, 0.3) is 0 Å². The minimum absolute atomic E-state index is 0.0109. The summed E-state index contributed by atoms with van der Waals surface area (Å²) in [6.45, 7) is 1.23. The summed E-state index contributed by atoms with van der Waals surface area (Å²) < 4.78 is 93.1. The first-order valence-electron chi connectivity index (χ1n) is 13.6. The number of nitro benzene ring substituents is 1. The van der Waals surface area contributed by atoms with Crippen molar-refractivity contribution in [2.75, 3.05) is 12.4 Å². The highest BCUT2D eigenvalue weighted by Gasteiger charge is 2.57. The molecule has 0 unspecified atom stereocenters. The Labute approximate surface area is 274 Å². The number of hydrogen-bond acceptors (Lipinski definition) is 13. The molecule has 252 valence electrons. The van der Waals surface area contributed by atoms with Gasteiger partial charge in [-0.1, -0.05) is 64.9 Å². The number of nitro groups is 1. The van der Waals surface area contributed by atoms with E-state index in [0.29, 0.717) is 5.75 Å². The molecule has 0 N–H and O–H groups in total. The highest BCUT2D eigenvalue weighted by atomic mass is 33.1. The molecular formula is C29H26F3NO11S3. The van der Waals surface area contributed by atoms with Crippen LogP contribution in [0.1, 0.15) is 27.6 Å². The molecule has 1 aliphatic heterocycles. The van der Waals surface area contributed by atoms with E-state index >= 15 is 0 Å². The van der Waals surface area contributed by atoms with Crippen molar-refractivity contribution >= 4 is 49.3 Å². The van der Waals surface area contributed by atoms with Crippen LogP contribution in [0, 0.1) is 10.1 Å². The third-order valence-corrected chi connectivity index (χ3v) is 10.3. The van der Waals surface area contributed by atoms with E-state index in [1.165, 1.54) is 47.2 Å². The van der Waals surface area contributed by atoms with Gasteiger partial charge in [-0.15, -0.1) is 0 Å². The minimum atomic E-state index is -6.34. The second-order valence-electron chi connectivity index (χ2n) is 9.54. The molecule has 0 amide bonds. The molecule has 3 aromatic carbocycles. The van der Waals surface area contributed by atoms with Crippen LogP contribution in [-0.4, -0.2) is 73.0 Å². The Kier molecular flexibility index (Phi) is 12.1. The molecule has 1 saturated heterocycles. The maximum absolute atomic E-state index is 13.6. The Hall–Kier alpha value is -3.84. The molecule has 0 saturated carbocycles. The summed E-state index contributed by atoms with van der Waals surface area (Å²) in [5, 5.41) is 9.94. The number of carbonyl (C=O) groups is 2. The Bertz CT molecular complexity index is 1630. The van der Waals surface area contributed by atoms with Gasteiger partial charge in [0.15, 0.2) is 12.2 Å². The van der Waals surface area contributed by atoms with Crippen molar-refractivity contribution in [3.05, 3.63) is 106 Å². The van der Waals surface area contributed by atoms with Gasteiger partial charge in [0.1, 0.15) is 18.5 Å². The van der Waals surface area contributed by atoms with Crippen LogP contribution in [0.2, 0.25) is 0 Å². The van der Waals surface area contributed by atoms with Crippen LogP contribution in [0.5, 0.6) is 5.75 Å². The van der Waals surface area contributed by atoms with E-state index in [-0.39, 0.29) is 22.6 Å². The van der Waals surface area contributed by atoms with Gasteiger partial charge in [0.2, 0.25) is 6.29 Å². The van der Waals surface area contributed by atoms with E-state index in [2.05, 4.69) is 4.18 Å². The van der Waals surface area contributed by atoms with E-state index in [0.717, 1.165) is 35.1 Å². The molecule has 0 bridgehead atoms. The molecular weight excluding hydrogens is 692 g/mol. The first-order valence-corrected chi connectivity index (χ1v) is 17.4. The molecule has 3 aromatic rings. The number of non-ortho nitro benzene ring substituents is 1. The fourth-order valence-electron chi connectivity index (χ4n) is 4.17. The Balaban J connectivity index is 1.77. The molecule has 1 fully saturated rings. The fraction of sp³-hybridized carbons (Fsp3) is 0.310. The van der Waals surface area contributed by atoms with Crippen LogP contribution < -0.4 is 4.74 Å². The lowest BCUT2D eigenvalue weighted by Gasteiger charge is -2.44. The zero-order chi connectivity index (χ0) is 34.2. The second kappa shape index (κ2) is 15.8. The molecule has 0 radical (unpaired) electrons. The van der Waals surface area contributed by atoms with Gasteiger partial charge in [-0.25, -0.2) is 13.8 Å². The first-order chi connectivity index (χ1) is 22.3. The summed E-state index contributed by atoms with van der Waals surface area (Å²) in [5.74, 6) is -1.55. The van der Waals surface area contributed by atoms with Gasteiger partial charge < -0.3 is 18.9 Å². The largest absolute Gasteiger partial charge is 0.523 e. The molecule has 0 aromatic heterocycles. The summed E-state index contributed by atoms with van der Waals surface area (Å²) in [6, 6.07) is 19.5. The average molecular weight is 718 g/mol. The first kappa shape index (κ1) is 36.0. The zero-order valence-corrected chi connectivity index (χ0v) is 26.6. The van der Waals surface area contributed by atoms with Crippen molar-refractivity contribution in [1.82, 2.24) is 0 Å². The summed E-state index contributed by atoms with van der Waals surface area (Å²) >= 11 is 0. The van der Waals surface area contributed by atoms with Crippen LogP contribution in [0.15, 0.2) is 84.9 Å². The molecule has 12 nitrogen and oxygen atoms in total. The Morgan fingerprint density at radius 1 is 0.915 bits per heavy atom. The molecule has 18 heteroatoms. The summed E-state index contributed by atoms with van der Waals surface area (Å²) in [5.41, 5.74) is -6.06. The number of carbonyl (C=O) groups excluding carboxylic acids is 2. The van der Waals surface area contributed by atoms with E-state index in [1.807, 2.05) is 0 Å². The summed E-state index contributed by atoms with van der Waals surface area (Å²) in [7, 11) is -4.17. The molecule has 0 spiro atoms. The van der Waals surface area contributed by atoms with Gasteiger partial charge in [0.25, 0.3) is 5.69 Å². The lowest BCUT2D eigenvalue weighted by atomic mass is 10.0. The van der Waals surface area contributed by atoms with E-state index in [4.69, 9.17) is 18.9 Å². The molecule has 1 aliphatic rings. The van der Waals surface area contributed by atoms with Crippen LogP contribution in [0.4, 0.5) is 18.9 Å². The molecule has 1 heterocycles. The number of nitrogens with zero attached hydrogens (tertiary/aromatic N) is 1. The third kappa shape index (κ3) is 9.38. The van der Waals surface area contributed by atoms with Crippen LogP contribution in [0.3, 0.4) is 0 Å². The molecule has 5 atom stereocenters. The number of halogens is 3. The topological polar surface area (TPSA) is 158 Å². The number of rotatable bonds is 13. The standard InChI is InChI=1S/C29H26F3NO11S3/c1-2-45-46-25-22(17-40-26(34)18-9-5-3-6-10-18)42-28(41-21-15-13-20(14-16-21)33(36)37)24(44-47(38,39)29(30,31)32)23(25)43-27(35)19-11-7-4-8-12-19/h3-16,22-25,28H,2,17H2,1H3/t22-,23-,24-,25-,28-/m1/s1. The SMILES string of the molecule is CCSS[C@H]1[C@H](OC(=O)c2ccccc2)[C@@H](OS(=O)(=O)C(F)(F)F)[C@H](Oc2ccc([N+](=O)[O-])cc2)O[C@@H]1COC(=O)c1ccccc1. The van der Waals surface area contributed by atoms with Gasteiger partial charge >= 0.3 is 27.6 Å². The van der Waals surface area contributed by atoms with E-state index < -0.39 is 68.9 Å². The maximum atomic E-state index is 13.6. The van der Waals surface area contributed by atoms with E-state index in [9.17, 15) is 41.3 Å². The quantitative estimate of drug-likeness (QED) is 0.0523. The predicted molar refractivity (Wildman–Crippen MR) is 164 cm³/mol. The third-order valence-electron chi connectivity index (χ3n) is 6.35. The predicted octanol–water partition coefficient (Wildman–Crippen LogP) is 5.79. The Morgan fingerprint density at radius 3 is 2.02 bits per heavy atom. The summed E-state index contributed by atoms with van der Waals surface area (Å²) in [6.07, 6.45) is -7.37. The van der Waals surface area contributed by atoms with E-state index in [1.54, 1.807) is 31.2 Å².